The second-order valence-corrected chi connectivity index (χ2v) is 6.62. The Morgan fingerprint density at radius 1 is 0.500 bits per heavy atom. The first-order chi connectivity index (χ1) is 11.9. The quantitative estimate of drug-likeness (QED) is 0.463. The van der Waals surface area contributed by atoms with Gasteiger partial charge in [-0.05, 0) is 80.9 Å². The van der Waals surface area contributed by atoms with Crippen LogP contribution in [0.3, 0.4) is 0 Å². The van der Waals surface area contributed by atoms with Crippen molar-refractivity contribution in [3.8, 4) is 0 Å². The SMILES string of the molecule is C1=CCC(c2ccc3cc4cc(C5=CC=CC5)ccc4cc3c2)=C1. The zero-order valence-corrected chi connectivity index (χ0v) is 13.5. The number of hydrogen-bond donors (Lipinski definition) is 0. The first-order valence-corrected chi connectivity index (χ1v) is 8.57. The predicted octanol–water partition coefficient (Wildman–Crippen LogP) is 6.68. The molecule has 0 unspecified atom stereocenters. The van der Waals surface area contributed by atoms with Crippen molar-refractivity contribution in [1.29, 1.82) is 0 Å². The van der Waals surface area contributed by atoms with Crippen LogP contribution < -0.4 is 0 Å². The van der Waals surface area contributed by atoms with Gasteiger partial charge in [0.15, 0.2) is 0 Å². The molecule has 0 fully saturated rings. The zero-order chi connectivity index (χ0) is 15.9. The summed E-state index contributed by atoms with van der Waals surface area (Å²) in [5.74, 6) is 0. The van der Waals surface area contributed by atoms with Crippen LogP contribution in [0.5, 0.6) is 0 Å². The van der Waals surface area contributed by atoms with Crippen LogP contribution in [0.15, 0.2) is 85.0 Å². The molecule has 0 amide bonds. The molecule has 114 valence electrons. The van der Waals surface area contributed by atoms with E-state index in [0.29, 0.717) is 0 Å². The number of allylic oxidation sites excluding steroid dienone is 8. The van der Waals surface area contributed by atoms with Gasteiger partial charge in [0.2, 0.25) is 0 Å². The maximum atomic E-state index is 2.32. The van der Waals surface area contributed by atoms with Crippen molar-refractivity contribution in [1.82, 2.24) is 0 Å². The predicted molar refractivity (Wildman–Crippen MR) is 105 cm³/mol. The molecule has 0 spiro atoms. The Bertz CT molecular complexity index is 998. The molecule has 3 aromatic carbocycles. The molecule has 2 aliphatic rings. The van der Waals surface area contributed by atoms with Crippen LogP contribution >= 0.6 is 0 Å². The van der Waals surface area contributed by atoms with Gasteiger partial charge in [-0.25, -0.2) is 0 Å². The fourth-order valence-electron chi connectivity index (χ4n) is 3.72. The fraction of sp³-hybridized carbons (Fsp3) is 0.0833. The van der Waals surface area contributed by atoms with E-state index in [1.54, 1.807) is 0 Å². The minimum atomic E-state index is 1.05. The molecule has 0 heterocycles. The van der Waals surface area contributed by atoms with Gasteiger partial charge in [0.05, 0.1) is 0 Å². The molecule has 3 aromatic rings. The van der Waals surface area contributed by atoms with E-state index in [0.717, 1.165) is 12.8 Å². The Morgan fingerprint density at radius 3 is 1.42 bits per heavy atom. The van der Waals surface area contributed by atoms with E-state index in [4.69, 9.17) is 0 Å². The highest BCUT2D eigenvalue weighted by Gasteiger charge is 2.07. The van der Waals surface area contributed by atoms with Crippen LogP contribution in [0.25, 0.3) is 32.7 Å². The van der Waals surface area contributed by atoms with Crippen molar-refractivity contribution in [3.05, 3.63) is 96.1 Å². The highest BCUT2D eigenvalue weighted by atomic mass is 14.1. The van der Waals surface area contributed by atoms with Gasteiger partial charge in [-0.2, -0.15) is 0 Å². The molecule has 0 heteroatoms. The van der Waals surface area contributed by atoms with Crippen molar-refractivity contribution in [2.75, 3.05) is 0 Å². The number of benzene rings is 3. The largest absolute Gasteiger partial charge is 0.0801 e. The van der Waals surface area contributed by atoms with Gasteiger partial charge in [-0.15, -0.1) is 0 Å². The lowest BCUT2D eigenvalue weighted by atomic mass is 9.96. The van der Waals surface area contributed by atoms with Crippen molar-refractivity contribution < 1.29 is 0 Å². The van der Waals surface area contributed by atoms with Gasteiger partial charge < -0.3 is 0 Å². The van der Waals surface area contributed by atoms with E-state index in [1.807, 2.05) is 0 Å². The molecule has 0 atom stereocenters. The maximum Gasteiger partial charge on any atom is -0.00884 e. The summed E-state index contributed by atoms with van der Waals surface area (Å²) in [5.41, 5.74) is 5.50. The van der Waals surface area contributed by atoms with Crippen molar-refractivity contribution in [2.45, 2.75) is 12.8 Å². The van der Waals surface area contributed by atoms with Crippen LogP contribution in [-0.4, -0.2) is 0 Å². The Hall–Kier alpha value is -2.86. The molecule has 24 heavy (non-hydrogen) atoms. The Labute approximate surface area is 142 Å². The van der Waals surface area contributed by atoms with E-state index >= 15 is 0 Å². The Kier molecular flexibility index (Phi) is 3.02. The van der Waals surface area contributed by atoms with Crippen LogP contribution in [0.1, 0.15) is 24.0 Å². The first kappa shape index (κ1) is 13.6. The van der Waals surface area contributed by atoms with Crippen molar-refractivity contribution in [3.63, 3.8) is 0 Å². The van der Waals surface area contributed by atoms with Gasteiger partial charge in [0.25, 0.3) is 0 Å². The first-order valence-electron chi connectivity index (χ1n) is 8.57. The van der Waals surface area contributed by atoms with Crippen LogP contribution in [0, 0.1) is 0 Å². The molecule has 0 radical (unpaired) electrons. The fourth-order valence-corrected chi connectivity index (χ4v) is 3.72. The average Bonchev–Trinajstić information content (AvgIpc) is 3.32. The summed E-state index contributed by atoms with van der Waals surface area (Å²) in [6.07, 6.45) is 15.3. The third kappa shape index (κ3) is 2.23. The lowest BCUT2D eigenvalue weighted by Gasteiger charge is -2.09. The van der Waals surface area contributed by atoms with Crippen LogP contribution in [0.4, 0.5) is 0 Å². The molecular formula is C24H18. The molecular weight excluding hydrogens is 288 g/mol. The topological polar surface area (TPSA) is 0 Å². The van der Waals surface area contributed by atoms with Crippen molar-refractivity contribution >= 4 is 32.7 Å². The minimum absolute atomic E-state index is 1.05. The summed E-state index contributed by atoms with van der Waals surface area (Å²) >= 11 is 0. The Balaban J connectivity index is 1.63. The standard InChI is InChI=1S/C24H18/c1-2-6-17(5-1)19-9-11-21-16-24-14-20(18-7-3-4-8-18)10-12-22(24)15-23(21)13-19/h1-5,7,9-16H,6,8H2. The van der Waals surface area contributed by atoms with E-state index in [2.05, 4.69) is 85.0 Å². The molecule has 0 aliphatic heterocycles. The average molecular weight is 306 g/mol. The van der Waals surface area contributed by atoms with E-state index in [-0.39, 0.29) is 0 Å². The number of hydrogen-bond acceptors (Lipinski definition) is 0. The van der Waals surface area contributed by atoms with E-state index in [9.17, 15) is 0 Å². The molecule has 2 aliphatic carbocycles. The summed E-state index contributed by atoms with van der Waals surface area (Å²) in [5, 5.41) is 5.27. The lowest BCUT2D eigenvalue weighted by Crippen LogP contribution is -1.85. The second-order valence-electron chi connectivity index (χ2n) is 6.62. The van der Waals surface area contributed by atoms with Gasteiger partial charge >= 0.3 is 0 Å². The zero-order valence-electron chi connectivity index (χ0n) is 13.5. The molecule has 0 bridgehead atoms. The van der Waals surface area contributed by atoms with Crippen molar-refractivity contribution in [2.24, 2.45) is 0 Å². The molecule has 0 N–H and O–H groups in total. The highest BCUT2D eigenvalue weighted by molar-refractivity contribution is 6.00. The van der Waals surface area contributed by atoms with E-state index in [1.165, 1.54) is 43.8 Å². The van der Waals surface area contributed by atoms with E-state index < -0.39 is 0 Å². The van der Waals surface area contributed by atoms with Gasteiger partial charge in [-0.1, -0.05) is 60.7 Å². The monoisotopic (exact) mass is 306 g/mol. The molecule has 0 saturated heterocycles. The second kappa shape index (κ2) is 5.35. The highest BCUT2D eigenvalue weighted by Crippen LogP contribution is 2.31. The Morgan fingerprint density at radius 2 is 1.00 bits per heavy atom. The summed E-state index contributed by atoms with van der Waals surface area (Å²) < 4.78 is 0. The molecule has 0 nitrogen and oxygen atoms in total. The summed E-state index contributed by atoms with van der Waals surface area (Å²) in [6.45, 7) is 0. The molecule has 0 aromatic heterocycles. The van der Waals surface area contributed by atoms with Gasteiger partial charge in [-0.3, -0.25) is 0 Å². The summed E-state index contributed by atoms with van der Waals surface area (Å²) in [6, 6.07) is 18.3. The summed E-state index contributed by atoms with van der Waals surface area (Å²) in [4.78, 5) is 0. The molecule has 5 rings (SSSR count). The van der Waals surface area contributed by atoms with Gasteiger partial charge in [0.1, 0.15) is 0 Å². The van der Waals surface area contributed by atoms with Crippen LogP contribution in [0.2, 0.25) is 0 Å². The van der Waals surface area contributed by atoms with Crippen LogP contribution in [-0.2, 0) is 0 Å². The van der Waals surface area contributed by atoms with Gasteiger partial charge in [0, 0.05) is 0 Å². The normalized spacial score (nSPS) is 16.2. The maximum absolute atomic E-state index is 2.32. The third-order valence-electron chi connectivity index (χ3n) is 5.08. The number of fused-ring (bicyclic) bond motifs is 2. The molecule has 0 saturated carbocycles. The summed E-state index contributed by atoms with van der Waals surface area (Å²) in [7, 11) is 0. The number of rotatable bonds is 2. The minimum Gasteiger partial charge on any atom is -0.0801 e. The smallest absolute Gasteiger partial charge is 0.00884 e. The third-order valence-corrected chi connectivity index (χ3v) is 5.08. The lowest BCUT2D eigenvalue weighted by molar-refractivity contribution is 1.44.